The summed E-state index contributed by atoms with van der Waals surface area (Å²) in [7, 11) is 0. The Balaban J connectivity index is 1.12. The average Bonchev–Trinajstić information content (AvgIpc) is 3.78. The van der Waals surface area contributed by atoms with Gasteiger partial charge in [0.05, 0.1) is 27.1 Å². The normalized spacial score (nSPS) is 20.6. The number of carboxylic acid groups (broad SMARTS) is 1. The van der Waals surface area contributed by atoms with Gasteiger partial charge in [-0.3, -0.25) is 9.59 Å². The van der Waals surface area contributed by atoms with Gasteiger partial charge in [-0.15, -0.1) is 0 Å². The number of para-hydroxylation sites is 1. The van der Waals surface area contributed by atoms with Crippen LogP contribution in [0.15, 0.2) is 117 Å². The van der Waals surface area contributed by atoms with Crippen molar-refractivity contribution in [3.05, 3.63) is 134 Å². The maximum absolute atomic E-state index is 14.0. The third-order valence-corrected chi connectivity index (χ3v) is 14.0. The molecule has 0 fully saturated rings. The number of benzene rings is 3. The van der Waals surface area contributed by atoms with E-state index in [2.05, 4.69) is 60.8 Å². The van der Waals surface area contributed by atoms with Crippen molar-refractivity contribution in [2.75, 3.05) is 24.5 Å². The van der Waals surface area contributed by atoms with E-state index in [-0.39, 0.29) is 50.9 Å². The van der Waals surface area contributed by atoms with Crippen molar-refractivity contribution in [2.45, 2.75) is 103 Å². The summed E-state index contributed by atoms with van der Waals surface area (Å²) in [4.78, 5) is 43.1. The lowest BCUT2D eigenvalue weighted by molar-refractivity contribution is -0.438. The van der Waals surface area contributed by atoms with Gasteiger partial charge in [0.25, 0.3) is 0 Å². The summed E-state index contributed by atoms with van der Waals surface area (Å²) in [6, 6.07) is 19.0. The van der Waals surface area contributed by atoms with Crippen LogP contribution in [0.2, 0.25) is 0 Å². The van der Waals surface area contributed by atoms with E-state index in [1.165, 1.54) is 0 Å². The number of carbonyl (C=O) groups is 3. The van der Waals surface area contributed by atoms with Gasteiger partial charge in [-0.05, 0) is 82.2 Å². The zero-order valence-electron chi connectivity index (χ0n) is 36.1. The second-order valence-electron chi connectivity index (χ2n) is 17.6. The zero-order valence-corrected chi connectivity index (χ0v) is 36.9. The fraction of sp³-hybridized carbons (Fsp3) is 0.353. The number of Topliss-reactive ketones (excluding diaryl/α,β-unsaturated/α-hetero) is 2. The first kappa shape index (κ1) is 42.0. The molecule has 3 heterocycles. The minimum atomic E-state index is -1.01. The second-order valence-corrected chi connectivity index (χ2v) is 18.6. The number of hydrogen-bond donors (Lipinski definition) is 1. The summed E-state index contributed by atoms with van der Waals surface area (Å²) < 4.78 is 4.30. The number of carbonyl (C=O) groups excluding carboxylic acids is 2. The highest BCUT2D eigenvalue weighted by molar-refractivity contribution is 8.03. The highest BCUT2D eigenvalue weighted by Gasteiger charge is 2.48. The molecule has 1 N–H and O–H groups in total. The standard InChI is InChI=1S/C51H53N3O6S/c1-8-11-22-52-37-20-18-30(44-47(57)33(48(44)58)28-42-51(6,7)36-26-31(49(59)60)19-21-38(36)53(42)23-12-9-2)25-35(37)50(4,5)41(52)27-32-45(55)34(46(32)56)29-43-54(24-13-10-3)39-16-14-15-17-40(39)61-43/h14-21,25-29H,8-13,22-24H2,1-7H3,(H-2,55,56,57,58,59,60). The molecule has 314 valence electrons. The lowest BCUT2D eigenvalue weighted by Crippen LogP contribution is -2.34. The summed E-state index contributed by atoms with van der Waals surface area (Å²) >= 11 is 1.59. The molecule has 0 amide bonds. The van der Waals surface area contributed by atoms with Gasteiger partial charge in [0.2, 0.25) is 11.4 Å². The molecule has 3 aliphatic heterocycles. The largest absolute Gasteiger partial charge is 0.871 e. The first-order valence-electron chi connectivity index (χ1n) is 21.6. The van der Waals surface area contributed by atoms with Gasteiger partial charge < -0.3 is 20.2 Å². The van der Waals surface area contributed by atoms with Crippen molar-refractivity contribution in [3.63, 3.8) is 0 Å². The molecule has 0 aromatic heterocycles. The molecule has 61 heavy (non-hydrogen) atoms. The Hall–Kier alpha value is -5.74. The molecular weight excluding hydrogens is 783 g/mol. The molecule has 0 spiro atoms. The Morgan fingerprint density at radius 1 is 0.738 bits per heavy atom. The molecule has 0 radical (unpaired) electrons. The molecule has 3 aromatic carbocycles. The summed E-state index contributed by atoms with van der Waals surface area (Å²) in [5.74, 6) is -2.18. The first-order chi connectivity index (χ1) is 29.1. The van der Waals surface area contributed by atoms with E-state index in [4.69, 9.17) is 0 Å². The van der Waals surface area contributed by atoms with E-state index in [0.29, 0.717) is 18.7 Å². The number of ketones is 2. The molecule has 8 rings (SSSR count). The number of fused-ring (bicyclic) bond motifs is 3. The summed E-state index contributed by atoms with van der Waals surface area (Å²) in [6.45, 7) is 16.6. The fourth-order valence-electron chi connectivity index (χ4n) is 9.28. The highest BCUT2D eigenvalue weighted by atomic mass is 32.2. The number of thioether (sulfide) groups is 1. The summed E-state index contributed by atoms with van der Waals surface area (Å²) in [5, 5.41) is 38.5. The van der Waals surface area contributed by atoms with Gasteiger partial charge in [-0.25, -0.2) is 4.79 Å². The number of carboxylic acids is 1. The van der Waals surface area contributed by atoms with Gasteiger partial charge in [0, 0.05) is 82.0 Å². The second kappa shape index (κ2) is 15.9. The molecule has 0 unspecified atom stereocenters. The highest BCUT2D eigenvalue weighted by Crippen LogP contribution is 2.49. The number of aromatic carboxylic acids is 1. The number of anilines is 1. The van der Waals surface area contributed by atoms with Crippen LogP contribution in [0.3, 0.4) is 0 Å². The van der Waals surface area contributed by atoms with Crippen molar-refractivity contribution in [2.24, 2.45) is 0 Å². The zero-order chi connectivity index (χ0) is 43.5. The SMILES string of the molecule is CCCCN1/C(=C/C2=C([O-])C(=C\C3=[N+](CCCC)c4ccc(C5=C([O-])/C(=C\C6=[N+](CCCC)c7ccc(C(=O)O)cc7C6(C)C)C5=O)cc4C3(C)C)/C2=O)Sc2ccccc21. The van der Waals surface area contributed by atoms with Crippen LogP contribution in [0, 0.1) is 0 Å². The van der Waals surface area contributed by atoms with E-state index in [1.807, 2.05) is 50.2 Å². The molecule has 0 atom stereocenters. The van der Waals surface area contributed by atoms with Crippen LogP contribution in [0.4, 0.5) is 17.1 Å². The third kappa shape index (κ3) is 6.83. The van der Waals surface area contributed by atoms with Crippen molar-refractivity contribution in [1.82, 2.24) is 0 Å². The van der Waals surface area contributed by atoms with Crippen LogP contribution in [0.25, 0.3) is 5.57 Å². The van der Waals surface area contributed by atoms with Gasteiger partial charge in [0.15, 0.2) is 23.0 Å². The van der Waals surface area contributed by atoms with Gasteiger partial charge in [-0.1, -0.05) is 75.4 Å². The first-order valence-corrected chi connectivity index (χ1v) is 22.4. The van der Waals surface area contributed by atoms with E-state index in [1.54, 1.807) is 42.1 Å². The number of unbranched alkanes of at least 4 members (excludes halogenated alkanes) is 3. The van der Waals surface area contributed by atoms with Crippen LogP contribution in [-0.2, 0) is 20.4 Å². The van der Waals surface area contributed by atoms with E-state index in [0.717, 1.165) is 94.6 Å². The quantitative estimate of drug-likeness (QED) is 0.127. The molecule has 10 heteroatoms. The predicted octanol–water partition coefficient (Wildman–Crippen LogP) is 8.40. The number of hydrogen-bond acceptors (Lipinski definition) is 7. The monoisotopic (exact) mass is 835 g/mol. The van der Waals surface area contributed by atoms with Crippen LogP contribution in [-0.4, -0.2) is 62.9 Å². The van der Waals surface area contributed by atoms with Crippen molar-refractivity contribution < 1.29 is 38.9 Å². The topological polar surface area (TPSA) is 127 Å². The van der Waals surface area contributed by atoms with Crippen LogP contribution < -0.4 is 15.1 Å². The Morgan fingerprint density at radius 3 is 1.89 bits per heavy atom. The number of nitrogens with zero attached hydrogens (tertiary/aromatic N) is 3. The molecule has 0 bridgehead atoms. The number of rotatable bonds is 14. The minimum absolute atomic E-state index is 0.115. The summed E-state index contributed by atoms with van der Waals surface area (Å²) in [5.41, 5.74) is 6.34. The Morgan fingerprint density at radius 2 is 1.31 bits per heavy atom. The Bertz CT molecular complexity index is 2670. The van der Waals surface area contributed by atoms with Crippen LogP contribution in [0.1, 0.15) is 114 Å². The Labute approximate surface area is 362 Å². The van der Waals surface area contributed by atoms with E-state index < -0.39 is 16.8 Å². The fourth-order valence-corrected chi connectivity index (χ4v) is 10.4. The smallest absolute Gasteiger partial charge is 0.335 e. The lowest BCUT2D eigenvalue weighted by atomic mass is 9.75. The maximum Gasteiger partial charge on any atom is 0.335 e. The Kier molecular flexibility index (Phi) is 11.0. The molecular formula is C51H53N3O6S. The molecule has 3 aromatic rings. The van der Waals surface area contributed by atoms with E-state index in [9.17, 15) is 29.7 Å². The molecule has 0 saturated heterocycles. The lowest BCUT2D eigenvalue weighted by Gasteiger charge is -2.31. The van der Waals surface area contributed by atoms with Crippen molar-refractivity contribution >= 4 is 63.4 Å². The van der Waals surface area contributed by atoms with Gasteiger partial charge in [-0.2, -0.15) is 9.15 Å². The maximum atomic E-state index is 14.0. The third-order valence-electron chi connectivity index (χ3n) is 12.9. The molecule has 9 nitrogen and oxygen atoms in total. The van der Waals surface area contributed by atoms with Crippen LogP contribution >= 0.6 is 11.8 Å². The van der Waals surface area contributed by atoms with Crippen molar-refractivity contribution in [1.29, 1.82) is 0 Å². The molecule has 2 aliphatic carbocycles. The van der Waals surface area contributed by atoms with E-state index >= 15 is 0 Å². The molecule has 0 saturated carbocycles. The number of allylic oxidation sites excluding steroid dienone is 7. The van der Waals surface area contributed by atoms with Crippen LogP contribution in [0.5, 0.6) is 0 Å². The molecule has 5 aliphatic rings. The van der Waals surface area contributed by atoms with Gasteiger partial charge in [0.1, 0.15) is 13.1 Å². The average molecular weight is 836 g/mol. The van der Waals surface area contributed by atoms with Gasteiger partial charge >= 0.3 is 5.97 Å². The predicted molar refractivity (Wildman–Crippen MR) is 238 cm³/mol. The van der Waals surface area contributed by atoms with Crippen molar-refractivity contribution in [3.8, 4) is 0 Å². The minimum Gasteiger partial charge on any atom is -0.871 e. The summed E-state index contributed by atoms with van der Waals surface area (Å²) in [6.07, 6.45) is 10.9.